The van der Waals surface area contributed by atoms with Crippen LogP contribution < -0.4 is 0 Å². The van der Waals surface area contributed by atoms with E-state index in [4.69, 9.17) is 37.0 Å². The number of hydrogen-bond donors (Lipinski definition) is 1. The normalized spacial score (nSPS) is 38.3. The molecule has 0 aromatic carbocycles. The van der Waals surface area contributed by atoms with Gasteiger partial charge in [0.25, 0.3) is 0 Å². The molecule has 4 saturated heterocycles. The third kappa shape index (κ3) is 14.9. The van der Waals surface area contributed by atoms with Gasteiger partial charge in [-0.15, -0.1) is 0 Å². The van der Waals surface area contributed by atoms with Gasteiger partial charge in [-0.25, -0.2) is 4.57 Å². The highest BCUT2D eigenvalue weighted by Gasteiger charge is 2.44. The molecule has 11 nitrogen and oxygen atoms in total. The third-order valence-electron chi connectivity index (χ3n) is 10.5. The second-order valence-electron chi connectivity index (χ2n) is 18.1. The zero-order valence-electron chi connectivity index (χ0n) is 34.2. The van der Waals surface area contributed by atoms with E-state index in [9.17, 15) is 14.0 Å². The lowest BCUT2D eigenvalue weighted by atomic mass is 9.76. The molecule has 51 heavy (non-hydrogen) atoms. The van der Waals surface area contributed by atoms with Crippen LogP contribution in [0.3, 0.4) is 0 Å². The minimum Gasteiger partial charge on any atom is -0.373 e. The van der Waals surface area contributed by atoms with Crippen LogP contribution in [0.4, 0.5) is 0 Å². The third-order valence-corrected chi connectivity index (χ3v) is 12.8. The molecule has 4 fully saturated rings. The zero-order valence-corrected chi connectivity index (χ0v) is 36.0. The molecule has 0 bridgehead atoms. The maximum Gasteiger partial charge on any atom is 0.472 e. The first kappa shape index (κ1) is 45.5. The van der Waals surface area contributed by atoms with Gasteiger partial charge in [-0.3, -0.25) is 13.6 Å². The number of phosphoric ester groups is 1. The quantitative estimate of drug-likeness (QED) is 0.160. The molecule has 0 spiro atoms. The molecule has 14 atom stereocenters. The number of ether oxygens (including phenoxy) is 4. The Hall–Kier alpha value is 0.1000. The predicted molar refractivity (Wildman–Crippen MR) is 201 cm³/mol. The summed E-state index contributed by atoms with van der Waals surface area (Å²) in [4.78, 5) is 10.2. The molecule has 4 aliphatic rings. The lowest BCUT2D eigenvalue weighted by Gasteiger charge is -2.31. The van der Waals surface area contributed by atoms with Crippen molar-refractivity contribution in [1.82, 2.24) is 0 Å². The van der Waals surface area contributed by atoms with E-state index in [1.165, 1.54) is 0 Å². The molecular formula is C38H74O11P2. The van der Waals surface area contributed by atoms with Crippen LogP contribution in [-0.2, 0) is 46.2 Å². The Kier molecular flexibility index (Phi) is 17.2. The Balaban J connectivity index is 0.000000276. The van der Waals surface area contributed by atoms with Crippen LogP contribution in [0.2, 0.25) is 0 Å². The first-order chi connectivity index (χ1) is 23.4. The number of rotatable bonds is 15. The summed E-state index contributed by atoms with van der Waals surface area (Å²) in [6.45, 7) is 29.5. The van der Waals surface area contributed by atoms with Crippen LogP contribution in [0.5, 0.6) is 0 Å². The fraction of sp³-hybridized carbons (Fsp3) is 1.00. The van der Waals surface area contributed by atoms with Crippen LogP contribution in [-0.4, -0.2) is 85.8 Å². The number of phosphoric acid groups is 1. The summed E-state index contributed by atoms with van der Waals surface area (Å²) in [6.07, 6.45) is 4.63. The van der Waals surface area contributed by atoms with E-state index in [2.05, 4.69) is 69.2 Å². The van der Waals surface area contributed by atoms with E-state index in [0.29, 0.717) is 36.7 Å². The van der Waals surface area contributed by atoms with Crippen LogP contribution in [0.15, 0.2) is 0 Å². The highest BCUT2D eigenvalue weighted by molar-refractivity contribution is 7.53. The second kappa shape index (κ2) is 19.3. The predicted octanol–water partition coefficient (Wildman–Crippen LogP) is 9.44. The summed E-state index contributed by atoms with van der Waals surface area (Å²) < 4.78 is 71.6. The molecule has 302 valence electrons. The summed E-state index contributed by atoms with van der Waals surface area (Å²) in [5.74, 6) is 2.19. The minimum atomic E-state index is -4.16. The first-order valence-electron chi connectivity index (χ1n) is 19.6. The van der Waals surface area contributed by atoms with Gasteiger partial charge in [0.1, 0.15) is 0 Å². The Bertz CT molecular complexity index is 1140. The molecule has 1 N–H and O–H groups in total. The first-order valence-corrected chi connectivity index (χ1v) is 23.1. The SMILES string of the molecule is CC(C)C[C@H]1O[C@@H](C)C[C@H]1OP(=O)(O)OC[C@H]1O[C@@H](C)C[C@H]1C(C)(C)C.CC(C)C[C@H]1O[C@@H](C)C[C@H]1OP(C)(=O)OC[C@H]1O[C@@H](C)C[C@H]1C(C)C. The van der Waals surface area contributed by atoms with Crippen molar-refractivity contribution in [1.29, 1.82) is 0 Å². The van der Waals surface area contributed by atoms with Gasteiger partial charge in [-0.1, -0.05) is 62.3 Å². The van der Waals surface area contributed by atoms with E-state index in [1.54, 1.807) is 6.66 Å². The molecule has 4 heterocycles. The summed E-state index contributed by atoms with van der Waals surface area (Å²) >= 11 is 0. The molecule has 0 aliphatic carbocycles. The van der Waals surface area contributed by atoms with Crippen LogP contribution >= 0.6 is 15.4 Å². The van der Waals surface area contributed by atoms with Crippen LogP contribution in [0.25, 0.3) is 0 Å². The van der Waals surface area contributed by atoms with Gasteiger partial charge < -0.3 is 32.9 Å². The molecule has 0 aromatic heterocycles. The molecule has 0 aromatic rings. The van der Waals surface area contributed by atoms with Crippen molar-refractivity contribution < 1.29 is 51.1 Å². The van der Waals surface area contributed by atoms with Gasteiger partial charge >= 0.3 is 15.4 Å². The fourth-order valence-corrected chi connectivity index (χ4v) is 10.3. The maximum absolute atomic E-state index is 12.9. The fourth-order valence-electron chi connectivity index (χ4n) is 8.14. The van der Waals surface area contributed by atoms with Crippen molar-refractivity contribution in [2.45, 2.75) is 190 Å². The van der Waals surface area contributed by atoms with Crippen molar-refractivity contribution in [2.75, 3.05) is 19.9 Å². The molecule has 13 heteroatoms. The lowest BCUT2D eigenvalue weighted by molar-refractivity contribution is -0.0247. The Labute approximate surface area is 310 Å². The summed E-state index contributed by atoms with van der Waals surface area (Å²) in [7, 11) is -7.30. The zero-order chi connectivity index (χ0) is 38.5. The average molecular weight is 769 g/mol. The largest absolute Gasteiger partial charge is 0.472 e. The van der Waals surface area contributed by atoms with E-state index >= 15 is 0 Å². The van der Waals surface area contributed by atoms with Gasteiger partial charge in [0.15, 0.2) is 0 Å². The maximum atomic E-state index is 12.9. The topological polar surface area (TPSA) is 128 Å². The lowest BCUT2D eigenvalue weighted by Crippen LogP contribution is -2.32. The van der Waals surface area contributed by atoms with Gasteiger partial charge in [0.05, 0.1) is 74.3 Å². The summed E-state index contributed by atoms with van der Waals surface area (Å²) in [5, 5.41) is 0. The monoisotopic (exact) mass is 768 g/mol. The van der Waals surface area contributed by atoms with E-state index < -0.39 is 21.5 Å². The highest BCUT2D eigenvalue weighted by Crippen LogP contribution is 2.51. The molecule has 0 radical (unpaired) electrons. The summed E-state index contributed by atoms with van der Waals surface area (Å²) in [6, 6.07) is 0. The van der Waals surface area contributed by atoms with Crippen molar-refractivity contribution in [3.63, 3.8) is 0 Å². The molecule has 4 rings (SSSR count). The molecule has 0 amide bonds. The Morgan fingerprint density at radius 3 is 1.57 bits per heavy atom. The van der Waals surface area contributed by atoms with Crippen molar-refractivity contribution in [2.24, 2.45) is 35.0 Å². The smallest absolute Gasteiger partial charge is 0.373 e. The average Bonchev–Trinajstić information content (AvgIpc) is 3.71. The van der Waals surface area contributed by atoms with Gasteiger partial charge in [-0.2, -0.15) is 0 Å². The van der Waals surface area contributed by atoms with Crippen molar-refractivity contribution in [3.05, 3.63) is 0 Å². The van der Waals surface area contributed by atoms with Crippen LogP contribution in [0, 0.1) is 35.0 Å². The van der Waals surface area contributed by atoms with Gasteiger partial charge in [0.2, 0.25) is 0 Å². The van der Waals surface area contributed by atoms with Crippen molar-refractivity contribution in [3.8, 4) is 0 Å². The van der Waals surface area contributed by atoms with E-state index in [-0.39, 0.29) is 72.9 Å². The van der Waals surface area contributed by atoms with E-state index in [1.807, 2.05) is 20.8 Å². The highest BCUT2D eigenvalue weighted by atomic mass is 31.2. The standard InChI is InChI=1S/C19H37O6P.C19H37O5P/c1-12(2)8-16-17(10-14(4)23-16)25-26(20,21)22-11-18-15(19(5,6)7)9-13(3)24-18;1-12(2)8-17-18(10-15(6)22-17)24-25(7,20)21-11-19-16(13(3)4)9-14(5)23-19/h12-18H,8-11H2,1-7H3,(H,20,21);12-19H,8-11H2,1-7H3/t13-,14-,15+,16+,17+,18+;14-,15-,16-,17+,18+,19+,25?/m00/s1. The number of hydrogen-bond acceptors (Lipinski definition) is 10. The molecule has 0 saturated carbocycles. The van der Waals surface area contributed by atoms with Crippen LogP contribution in [0.1, 0.15) is 129 Å². The minimum absolute atomic E-state index is 0.00181. The van der Waals surface area contributed by atoms with Crippen molar-refractivity contribution >= 4 is 15.4 Å². The Morgan fingerprint density at radius 2 is 1.08 bits per heavy atom. The van der Waals surface area contributed by atoms with Gasteiger partial charge in [-0.05, 0) is 88.4 Å². The van der Waals surface area contributed by atoms with Gasteiger partial charge in [0, 0.05) is 19.5 Å². The van der Waals surface area contributed by atoms with E-state index in [0.717, 1.165) is 32.1 Å². The molecular weight excluding hydrogens is 694 g/mol. The second-order valence-corrected chi connectivity index (χ2v) is 21.6. The molecule has 2 unspecified atom stereocenters. The molecule has 4 aliphatic heterocycles. The summed E-state index contributed by atoms with van der Waals surface area (Å²) in [5.41, 5.74) is 0.0518. The Morgan fingerprint density at radius 1 is 0.647 bits per heavy atom.